The summed E-state index contributed by atoms with van der Waals surface area (Å²) in [6.07, 6.45) is 5.35. The first-order valence-electron chi connectivity index (χ1n) is 7.17. The van der Waals surface area contributed by atoms with Crippen molar-refractivity contribution in [3.63, 3.8) is 0 Å². The first-order chi connectivity index (χ1) is 8.24. The standard InChI is InChI=1S/C14H28N2O/c1-11-3-4-13(8-15)14(7-11)16-6-5-12(9-16)10-17-2/h11-14H,3-10,15H2,1-2H3. The first kappa shape index (κ1) is 13.3. The minimum absolute atomic E-state index is 0.729. The first-order valence-corrected chi connectivity index (χ1v) is 7.17. The van der Waals surface area contributed by atoms with Gasteiger partial charge in [0.2, 0.25) is 0 Å². The van der Waals surface area contributed by atoms with E-state index in [4.69, 9.17) is 10.5 Å². The molecule has 0 bridgehead atoms. The maximum absolute atomic E-state index is 5.95. The molecule has 1 aliphatic heterocycles. The third-order valence-electron chi connectivity index (χ3n) is 4.71. The zero-order valence-corrected chi connectivity index (χ0v) is 11.4. The van der Waals surface area contributed by atoms with Gasteiger partial charge in [-0.2, -0.15) is 0 Å². The van der Waals surface area contributed by atoms with Crippen molar-refractivity contribution < 1.29 is 4.74 Å². The number of likely N-dealkylation sites (tertiary alicyclic amines) is 1. The van der Waals surface area contributed by atoms with Gasteiger partial charge in [-0.25, -0.2) is 0 Å². The summed E-state index contributed by atoms with van der Waals surface area (Å²) >= 11 is 0. The van der Waals surface area contributed by atoms with Gasteiger partial charge in [0.1, 0.15) is 0 Å². The van der Waals surface area contributed by atoms with Crippen molar-refractivity contribution in [2.24, 2.45) is 23.5 Å². The number of nitrogens with zero attached hydrogens (tertiary/aromatic N) is 1. The summed E-state index contributed by atoms with van der Waals surface area (Å²) in [4.78, 5) is 2.69. The fourth-order valence-electron chi connectivity index (χ4n) is 3.67. The quantitative estimate of drug-likeness (QED) is 0.813. The summed E-state index contributed by atoms with van der Waals surface area (Å²) in [5.74, 6) is 2.35. The number of nitrogens with two attached hydrogens (primary N) is 1. The zero-order valence-electron chi connectivity index (χ0n) is 11.4. The molecule has 17 heavy (non-hydrogen) atoms. The van der Waals surface area contributed by atoms with E-state index >= 15 is 0 Å². The minimum Gasteiger partial charge on any atom is -0.384 e. The van der Waals surface area contributed by atoms with Crippen LogP contribution < -0.4 is 5.73 Å². The molecule has 1 saturated heterocycles. The Hall–Kier alpha value is -0.120. The van der Waals surface area contributed by atoms with Crippen molar-refractivity contribution in [3.05, 3.63) is 0 Å². The van der Waals surface area contributed by atoms with Crippen LogP contribution >= 0.6 is 0 Å². The molecule has 2 rings (SSSR count). The van der Waals surface area contributed by atoms with E-state index in [1.165, 1.54) is 38.8 Å². The van der Waals surface area contributed by atoms with Crippen molar-refractivity contribution in [2.75, 3.05) is 33.4 Å². The molecule has 2 aliphatic rings. The molecule has 0 aromatic heterocycles. The van der Waals surface area contributed by atoms with Crippen molar-refractivity contribution in [1.82, 2.24) is 4.90 Å². The summed E-state index contributed by atoms with van der Waals surface area (Å²) in [6.45, 7) is 6.65. The highest BCUT2D eigenvalue weighted by Gasteiger charge is 2.35. The maximum Gasteiger partial charge on any atom is 0.0503 e. The summed E-state index contributed by atoms with van der Waals surface area (Å²) in [7, 11) is 1.81. The fraction of sp³-hybridized carbons (Fsp3) is 1.00. The second-order valence-corrected chi connectivity index (χ2v) is 6.09. The van der Waals surface area contributed by atoms with E-state index in [1.807, 2.05) is 7.11 Å². The van der Waals surface area contributed by atoms with Gasteiger partial charge in [0.05, 0.1) is 6.61 Å². The SMILES string of the molecule is COCC1CCN(C2CC(C)CCC2CN)C1. The second kappa shape index (κ2) is 6.17. The van der Waals surface area contributed by atoms with Crippen LogP contribution in [0.1, 0.15) is 32.6 Å². The van der Waals surface area contributed by atoms with Crippen LogP contribution in [-0.4, -0.2) is 44.3 Å². The van der Waals surface area contributed by atoms with E-state index < -0.39 is 0 Å². The van der Waals surface area contributed by atoms with Gasteiger partial charge in [0.15, 0.2) is 0 Å². The van der Waals surface area contributed by atoms with Crippen LogP contribution in [0.25, 0.3) is 0 Å². The van der Waals surface area contributed by atoms with Gasteiger partial charge in [0, 0.05) is 19.7 Å². The number of rotatable bonds is 4. The van der Waals surface area contributed by atoms with E-state index in [1.54, 1.807) is 0 Å². The predicted octanol–water partition coefficient (Wildman–Crippen LogP) is 1.72. The van der Waals surface area contributed by atoms with Crippen LogP contribution in [0.15, 0.2) is 0 Å². The van der Waals surface area contributed by atoms with E-state index in [0.29, 0.717) is 0 Å². The van der Waals surface area contributed by atoms with Gasteiger partial charge in [-0.05, 0) is 50.1 Å². The highest BCUT2D eigenvalue weighted by molar-refractivity contribution is 4.90. The molecule has 3 heteroatoms. The number of methoxy groups -OCH3 is 1. The Morgan fingerprint density at radius 3 is 2.82 bits per heavy atom. The van der Waals surface area contributed by atoms with Crippen LogP contribution in [0.5, 0.6) is 0 Å². The molecule has 0 amide bonds. The highest BCUT2D eigenvalue weighted by atomic mass is 16.5. The van der Waals surface area contributed by atoms with Crippen LogP contribution in [0.3, 0.4) is 0 Å². The summed E-state index contributed by atoms with van der Waals surface area (Å²) in [5, 5.41) is 0. The average Bonchev–Trinajstić information content (AvgIpc) is 2.78. The van der Waals surface area contributed by atoms with E-state index in [9.17, 15) is 0 Å². The van der Waals surface area contributed by atoms with Crippen LogP contribution in [0.2, 0.25) is 0 Å². The molecule has 2 fully saturated rings. The third-order valence-corrected chi connectivity index (χ3v) is 4.71. The maximum atomic E-state index is 5.95. The second-order valence-electron chi connectivity index (χ2n) is 6.09. The monoisotopic (exact) mass is 240 g/mol. The molecule has 0 aromatic carbocycles. The molecule has 1 aliphatic carbocycles. The Kier molecular flexibility index (Phi) is 4.83. The van der Waals surface area contributed by atoms with E-state index in [0.717, 1.165) is 36.9 Å². The molecule has 0 aromatic rings. The molecule has 100 valence electrons. The Bertz CT molecular complexity index is 234. The van der Waals surface area contributed by atoms with Crippen molar-refractivity contribution >= 4 is 0 Å². The molecule has 4 atom stereocenters. The van der Waals surface area contributed by atoms with E-state index in [-0.39, 0.29) is 0 Å². The Balaban J connectivity index is 1.91. The topological polar surface area (TPSA) is 38.5 Å². The largest absolute Gasteiger partial charge is 0.384 e. The number of hydrogen-bond donors (Lipinski definition) is 1. The van der Waals surface area contributed by atoms with Crippen molar-refractivity contribution in [3.8, 4) is 0 Å². The van der Waals surface area contributed by atoms with Crippen molar-refractivity contribution in [2.45, 2.75) is 38.6 Å². The highest BCUT2D eigenvalue weighted by Crippen LogP contribution is 2.34. The van der Waals surface area contributed by atoms with Gasteiger partial charge >= 0.3 is 0 Å². The molecule has 1 heterocycles. The molecule has 4 unspecified atom stereocenters. The normalized spacial score (nSPS) is 39.7. The molecular formula is C14H28N2O. The van der Waals surface area contributed by atoms with E-state index in [2.05, 4.69) is 11.8 Å². The van der Waals surface area contributed by atoms with Crippen LogP contribution in [0, 0.1) is 17.8 Å². The lowest BCUT2D eigenvalue weighted by atomic mass is 9.78. The summed E-state index contributed by atoms with van der Waals surface area (Å²) in [6, 6.07) is 0.741. The summed E-state index contributed by atoms with van der Waals surface area (Å²) in [5.41, 5.74) is 5.95. The van der Waals surface area contributed by atoms with Gasteiger partial charge in [-0.15, -0.1) is 0 Å². The van der Waals surface area contributed by atoms with Gasteiger partial charge in [0.25, 0.3) is 0 Å². The van der Waals surface area contributed by atoms with Gasteiger partial charge < -0.3 is 10.5 Å². The molecule has 3 nitrogen and oxygen atoms in total. The number of hydrogen-bond acceptors (Lipinski definition) is 3. The van der Waals surface area contributed by atoms with Crippen LogP contribution in [0.4, 0.5) is 0 Å². The zero-order chi connectivity index (χ0) is 12.3. The predicted molar refractivity (Wildman–Crippen MR) is 70.9 cm³/mol. The lowest BCUT2D eigenvalue weighted by Gasteiger charge is -2.40. The molecule has 1 saturated carbocycles. The Morgan fingerprint density at radius 2 is 2.12 bits per heavy atom. The molecular weight excluding hydrogens is 212 g/mol. The lowest BCUT2D eigenvalue weighted by Crippen LogP contribution is -2.45. The smallest absolute Gasteiger partial charge is 0.0503 e. The van der Waals surface area contributed by atoms with Crippen LogP contribution in [-0.2, 0) is 4.74 Å². The van der Waals surface area contributed by atoms with Crippen molar-refractivity contribution in [1.29, 1.82) is 0 Å². The molecule has 0 radical (unpaired) electrons. The average molecular weight is 240 g/mol. The minimum atomic E-state index is 0.729. The Labute approximate surface area is 106 Å². The molecule has 2 N–H and O–H groups in total. The number of ether oxygens (including phenoxy) is 1. The fourth-order valence-corrected chi connectivity index (χ4v) is 3.67. The van der Waals surface area contributed by atoms with Gasteiger partial charge in [-0.3, -0.25) is 4.90 Å². The Morgan fingerprint density at radius 1 is 1.29 bits per heavy atom. The van der Waals surface area contributed by atoms with Gasteiger partial charge in [-0.1, -0.05) is 13.3 Å². The molecule has 0 spiro atoms. The third kappa shape index (κ3) is 3.21. The lowest BCUT2D eigenvalue weighted by molar-refractivity contribution is 0.0944. The summed E-state index contributed by atoms with van der Waals surface area (Å²) < 4.78 is 5.28.